The van der Waals surface area contributed by atoms with Gasteiger partial charge in [-0.1, -0.05) is 43.3 Å². The van der Waals surface area contributed by atoms with Crippen molar-refractivity contribution in [1.82, 2.24) is 0 Å². The van der Waals surface area contributed by atoms with Crippen molar-refractivity contribution < 1.29 is 12.2 Å². The largest absolute Gasteiger partial charge is 0.493 e. The monoisotopic (exact) mass is 244 g/mol. The molecule has 0 atom stereocenters. The van der Waals surface area contributed by atoms with Crippen LogP contribution in [-0.2, 0) is 13.0 Å². The van der Waals surface area contributed by atoms with Crippen LogP contribution in [0.3, 0.4) is 0 Å². The van der Waals surface area contributed by atoms with E-state index in [0.717, 1.165) is 11.1 Å². The van der Waals surface area contributed by atoms with Crippen LogP contribution in [0, 0.1) is 0 Å². The van der Waals surface area contributed by atoms with Crippen molar-refractivity contribution in [2.75, 3.05) is 7.11 Å². The fourth-order valence-corrected chi connectivity index (χ4v) is 1.69. The van der Waals surface area contributed by atoms with Crippen LogP contribution in [0.5, 0.6) is 11.5 Å². The lowest BCUT2D eigenvalue weighted by Crippen LogP contribution is -1.98. The van der Waals surface area contributed by atoms with Gasteiger partial charge in [0.05, 0.1) is 7.11 Å². The van der Waals surface area contributed by atoms with Crippen molar-refractivity contribution in [2.24, 2.45) is 0 Å². The van der Waals surface area contributed by atoms with E-state index in [4.69, 9.17) is 12.2 Å². The van der Waals surface area contributed by atoms with Crippen molar-refractivity contribution in [1.29, 1.82) is 0 Å². The third kappa shape index (κ3) is 3.04. The molecule has 18 heavy (non-hydrogen) atoms. The van der Waals surface area contributed by atoms with E-state index in [1.807, 2.05) is 48.5 Å². The molecular weight excluding hydrogens is 224 g/mol. The number of hydrogen-bond donors (Lipinski definition) is 0. The van der Waals surface area contributed by atoms with Crippen LogP contribution in [0.15, 0.2) is 48.5 Å². The van der Waals surface area contributed by atoms with Gasteiger partial charge in [-0.25, -0.2) is 0 Å². The predicted molar refractivity (Wildman–Crippen MR) is 73.1 cm³/mol. The Balaban J connectivity index is 2.07. The lowest BCUT2D eigenvalue weighted by Gasteiger charge is -2.11. The first kappa shape index (κ1) is 10.0. The zero-order valence-corrected chi connectivity index (χ0v) is 10.4. The molecule has 2 heteroatoms. The summed E-state index contributed by atoms with van der Waals surface area (Å²) in [6.07, 6.45) is 0.384. The Morgan fingerprint density at radius 1 is 1.00 bits per heavy atom. The molecule has 94 valence electrons. The second-order valence-corrected chi connectivity index (χ2v) is 3.96. The Hall–Kier alpha value is -1.96. The SMILES string of the molecule is [2H]C([2H])Cc1ccc(OCc2ccccc2)c(OC)c1. The van der Waals surface area contributed by atoms with E-state index in [0.29, 0.717) is 24.5 Å². The molecule has 0 aliphatic carbocycles. The second kappa shape index (κ2) is 6.10. The molecule has 2 rings (SSSR count). The number of rotatable bonds is 5. The van der Waals surface area contributed by atoms with Gasteiger partial charge in [0.1, 0.15) is 6.61 Å². The average molecular weight is 244 g/mol. The number of ether oxygens (including phenoxy) is 2. The lowest BCUT2D eigenvalue weighted by molar-refractivity contribution is 0.284. The van der Waals surface area contributed by atoms with Crippen molar-refractivity contribution in [2.45, 2.75) is 19.9 Å². The Morgan fingerprint density at radius 3 is 2.56 bits per heavy atom. The van der Waals surface area contributed by atoms with E-state index in [-0.39, 0.29) is 0 Å². The van der Waals surface area contributed by atoms with Crippen LogP contribution in [0.1, 0.15) is 20.7 Å². The number of hydrogen-bond acceptors (Lipinski definition) is 2. The van der Waals surface area contributed by atoms with E-state index >= 15 is 0 Å². The van der Waals surface area contributed by atoms with Crippen LogP contribution >= 0.6 is 0 Å². The molecule has 0 radical (unpaired) electrons. The van der Waals surface area contributed by atoms with E-state index in [2.05, 4.69) is 0 Å². The molecule has 0 spiro atoms. The van der Waals surface area contributed by atoms with Crippen molar-refractivity contribution in [3.8, 4) is 11.5 Å². The van der Waals surface area contributed by atoms with E-state index < -0.39 is 6.88 Å². The molecule has 0 amide bonds. The summed E-state index contributed by atoms with van der Waals surface area (Å²) < 4.78 is 25.6. The average Bonchev–Trinajstić information content (AvgIpc) is 2.46. The fraction of sp³-hybridized carbons (Fsp3) is 0.250. The number of methoxy groups -OCH3 is 1. The highest BCUT2D eigenvalue weighted by Crippen LogP contribution is 2.28. The van der Waals surface area contributed by atoms with E-state index in [1.54, 1.807) is 7.11 Å². The predicted octanol–water partition coefficient (Wildman–Crippen LogP) is 3.84. The summed E-state index contributed by atoms with van der Waals surface area (Å²) in [7, 11) is 1.59. The zero-order valence-electron chi connectivity index (χ0n) is 12.4. The normalized spacial score (nSPS) is 11.9. The second-order valence-electron chi connectivity index (χ2n) is 3.96. The molecule has 0 N–H and O–H groups in total. The molecule has 0 aromatic heterocycles. The molecule has 0 bridgehead atoms. The third-order valence-corrected chi connectivity index (χ3v) is 2.70. The van der Waals surface area contributed by atoms with Crippen molar-refractivity contribution in [3.05, 3.63) is 59.7 Å². The highest BCUT2D eigenvalue weighted by Gasteiger charge is 2.05. The van der Waals surface area contributed by atoms with Gasteiger partial charge in [-0.05, 0) is 29.7 Å². The van der Waals surface area contributed by atoms with Gasteiger partial charge in [0.25, 0.3) is 0 Å². The van der Waals surface area contributed by atoms with Gasteiger partial charge in [-0.3, -0.25) is 0 Å². The summed E-state index contributed by atoms with van der Waals surface area (Å²) >= 11 is 0. The van der Waals surface area contributed by atoms with Crippen LogP contribution in [0.2, 0.25) is 0 Å². The zero-order chi connectivity index (χ0) is 14.4. The van der Waals surface area contributed by atoms with Crippen molar-refractivity contribution >= 4 is 0 Å². The molecule has 0 saturated heterocycles. The van der Waals surface area contributed by atoms with Gasteiger partial charge in [-0.15, -0.1) is 0 Å². The highest BCUT2D eigenvalue weighted by molar-refractivity contribution is 5.43. The van der Waals surface area contributed by atoms with Gasteiger partial charge in [0.15, 0.2) is 11.5 Å². The van der Waals surface area contributed by atoms with Crippen LogP contribution in [0.4, 0.5) is 0 Å². The third-order valence-electron chi connectivity index (χ3n) is 2.70. The Labute approximate surface area is 111 Å². The van der Waals surface area contributed by atoms with E-state index in [1.165, 1.54) is 0 Å². The molecule has 0 aliphatic heterocycles. The first-order valence-corrected chi connectivity index (χ1v) is 5.87. The molecule has 0 unspecified atom stereocenters. The molecule has 2 aromatic carbocycles. The Bertz CT molecular complexity index is 541. The van der Waals surface area contributed by atoms with Crippen LogP contribution in [-0.4, -0.2) is 7.11 Å². The van der Waals surface area contributed by atoms with Crippen LogP contribution < -0.4 is 9.47 Å². The first-order valence-electron chi connectivity index (χ1n) is 7.02. The molecule has 0 fully saturated rings. The molecule has 2 aromatic rings. The maximum atomic E-state index is 7.28. The summed E-state index contributed by atoms with van der Waals surface area (Å²) in [5.41, 5.74) is 2.00. The topological polar surface area (TPSA) is 18.5 Å². The molecule has 0 saturated carbocycles. The van der Waals surface area contributed by atoms with Crippen LogP contribution in [0.25, 0.3) is 0 Å². The summed E-state index contributed by atoms with van der Waals surface area (Å²) in [6, 6.07) is 15.5. The molecular formula is C16H18O2. The minimum Gasteiger partial charge on any atom is -0.493 e. The lowest BCUT2D eigenvalue weighted by atomic mass is 10.1. The molecule has 0 aliphatic rings. The molecule has 0 heterocycles. The summed E-state index contributed by atoms with van der Waals surface area (Å²) in [5.74, 6) is 1.31. The number of aryl methyl sites for hydroxylation is 1. The fourth-order valence-electron chi connectivity index (χ4n) is 1.69. The summed E-state index contributed by atoms with van der Waals surface area (Å²) in [5, 5.41) is 0. The maximum Gasteiger partial charge on any atom is 0.161 e. The molecule has 2 nitrogen and oxygen atoms in total. The van der Waals surface area contributed by atoms with Gasteiger partial charge in [-0.2, -0.15) is 0 Å². The standard InChI is InChI=1S/C16H18O2/c1-3-13-9-10-15(16(11-13)17-2)18-12-14-7-5-4-6-8-14/h4-11H,3,12H2,1-2H3/i1D2. The van der Waals surface area contributed by atoms with Crippen molar-refractivity contribution in [3.63, 3.8) is 0 Å². The number of benzene rings is 2. The first-order chi connectivity index (χ1) is 9.69. The Morgan fingerprint density at radius 2 is 1.83 bits per heavy atom. The smallest absolute Gasteiger partial charge is 0.161 e. The maximum absolute atomic E-state index is 7.28. The van der Waals surface area contributed by atoms with Gasteiger partial charge in [0, 0.05) is 2.74 Å². The van der Waals surface area contributed by atoms with Gasteiger partial charge in [0.2, 0.25) is 0 Å². The minimum absolute atomic E-state index is 0.384. The van der Waals surface area contributed by atoms with Gasteiger partial charge >= 0.3 is 0 Å². The quantitative estimate of drug-likeness (QED) is 0.795. The Kier molecular flexibility index (Phi) is 3.39. The van der Waals surface area contributed by atoms with Gasteiger partial charge < -0.3 is 9.47 Å². The summed E-state index contributed by atoms with van der Waals surface area (Å²) in [4.78, 5) is 0. The minimum atomic E-state index is -0.865. The summed E-state index contributed by atoms with van der Waals surface area (Å²) in [6.45, 7) is -0.383. The van der Waals surface area contributed by atoms with E-state index in [9.17, 15) is 0 Å². The highest BCUT2D eigenvalue weighted by atomic mass is 16.5.